The Morgan fingerprint density at radius 3 is 1.63 bits per heavy atom. The van der Waals surface area contributed by atoms with Gasteiger partial charge in [0.05, 0.1) is 12.2 Å². The highest BCUT2D eigenvalue weighted by molar-refractivity contribution is 5.95. The average molecular weight is 585 g/mol. The van der Waals surface area contributed by atoms with E-state index in [0.29, 0.717) is 12.8 Å². The molecule has 0 unspecified atom stereocenters. The monoisotopic (exact) mass is 584 g/mol. The van der Waals surface area contributed by atoms with Crippen LogP contribution in [-0.4, -0.2) is 28.2 Å². The largest absolute Gasteiger partial charge is 0.393 e. The number of aliphatic hydroxyl groups excluding tert-OH is 2. The van der Waals surface area contributed by atoms with Gasteiger partial charge in [0.25, 0.3) is 0 Å². The van der Waals surface area contributed by atoms with Crippen LogP contribution in [0.3, 0.4) is 0 Å². The predicted molar refractivity (Wildman–Crippen MR) is 185 cm³/mol. The molecule has 2 aliphatic carbocycles. The van der Waals surface area contributed by atoms with E-state index in [4.69, 9.17) is 0 Å². The fourth-order valence-electron chi connectivity index (χ4n) is 6.19. The van der Waals surface area contributed by atoms with Crippen LogP contribution < -0.4 is 0 Å². The Morgan fingerprint density at radius 1 is 0.651 bits per heavy atom. The SMILES string of the molecule is CC1=C(/C=C/C(C)=C/C=C\C(C)=C\C=C\C=C(C)\C=C\C=C(C)\C=C\C(=O)[C@]2(C)C[C@@H](O)CC2(C)C)C(C)(C)C[C@H](O)C1. The number of allylic oxidation sites excluding steroid dienone is 19. The minimum absolute atomic E-state index is 0.00528. The molecule has 2 N–H and O–H groups in total. The maximum Gasteiger partial charge on any atom is 0.162 e. The highest BCUT2D eigenvalue weighted by Crippen LogP contribution is 2.53. The van der Waals surface area contributed by atoms with E-state index in [1.807, 2.05) is 50.3 Å². The van der Waals surface area contributed by atoms with Crippen molar-refractivity contribution in [2.24, 2.45) is 16.2 Å². The Labute approximate surface area is 262 Å². The van der Waals surface area contributed by atoms with Gasteiger partial charge in [-0.2, -0.15) is 0 Å². The van der Waals surface area contributed by atoms with Gasteiger partial charge >= 0.3 is 0 Å². The van der Waals surface area contributed by atoms with Crippen molar-refractivity contribution in [3.63, 3.8) is 0 Å². The summed E-state index contributed by atoms with van der Waals surface area (Å²) in [7, 11) is 0. The molecule has 0 heterocycles. The first kappa shape index (κ1) is 36.2. The van der Waals surface area contributed by atoms with Crippen LogP contribution in [0, 0.1) is 16.2 Å². The summed E-state index contributed by atoms with van der Waals surface area (Å²) in [5.41, 5.74) is 6.34. The number of rotatable bonds is 11. The van der Waals surface area contributed by atoms with Crippen LogP contribution in [0.4, 0.5) is 0 Å². The Bertz CT molecular complexity index is 1310. The van der Waals surface area contributed by atoms with Crippen molar-refractivity contribution < 1.29 is 15.0 Å². The van der Waals surface area contributed by atoms with Gasteiger partial charge in [-0.05, 0) is 82.8 Å². The summed E-state index contributed by atoms with van der Waals surface area (Å²) in [5.74, 6) is 0.0853. The molecule has 0 saturated heterocycles. The maximum absolute atomic E-state index is 12.9. The Morgan fingerprint density at radius 2 is 1.14 bits per heavy atom. The third-order valence-corrected chi connectivity index (χ3v) is 9.18. The lowest BCUT2D eigenvalue weighted by molar-refractivity contribution is -0.127. The first-order valence-electron chi connectivity index (χ1n) is 15.7. The summed E-state index contributed by atoms with van der Waals surface area (Å²) in [5, 5.41) is 20.2. The van der Waals surface area contributed by atoms with Gasteiger partial charge in [0.2, 0.25) is 0 Å². The second-order valence-electron chi connectivity index (χ2n) is 14.2. The average Bonchev–Trinajstić information content (AvgIpc) is 3.10. The van der Waals surface area contributed by atoms with Gasteiger partial charge in [0, 0.05) is 5.41 Å². The molecule has 3 nitrogen and oxygen atoms in total. The standard InChI is InChI=1S/C40H56O3/c1-29(17-13-19-31(3)21-23-36-33(5)25-34(41)26-38(36,6)7)15-11-12-16-30(2)18-14-20-32(4)22-24-37(43)40(10)28-35(42)27-39(40,8)9/h11-24,34-35,41-42H,25-28H2,1-10H3/b12-11+,17-13-,18-14+,23-21+,24-22+,29-15+,30-16+,31-19+,32-20+/t34-,35+,40+/m1/s1. The highest BCUT2D eigenvalue weighted by Gasteiger charge is 2.52. The van der Waals surface area contributed by atoms with Crippen LogP contribution in [0.15, 0.2) is 119 Å². The van der Waals surface area contributed by atoms with Crippen LogP contribution >= 0.6 is 0 Å². The quantitative estimate of drug-likeness (QED) is 0.188. The third-order valence-electron chi connectivity index (χ3n) is 9.18. The molecule has 0 amide bonds. The number of hydrogen-bond donors (Lipinski definition) is 2. The topological polar surface area (TPSA) is 57.5 Å². The van der Waals surface area contributed by atoms with E-state index >= 15 is 0 Å². The summed E-state index contributed by atoms with van der Waals surface area (Å²) in [6.45, 7) is 20.9. The molecule has 2 aliphatic rings. The Hall–Kier alpha value is -3.01. The van der Waals surface area contributed by atoms with E-state index in [1.165, 1.54) is 16.7 Å². The minimum atomic E-state index is -0.532. The summed E-state index contributed by atoms with van der Waals surface area (Å²) in [4.78, 5) is 12.9. The molecule has 3 atom stereocenters. The second kappa shape index (κ2) is 15.6. The van der Waals surface area contributed by atoms with E-state index in [-0.39, 0.29) is 22.7 Å². The first-order valence-corrected chi connectivity index (χ1v) is 15.7. The van der Waals surface area contributed by atoms with Crippen molar-refractivity contribution in [2.75, 3.05) is 0 Å². The Kier molecular flexibility index (Phi) is 13.2. The van der Waals surface area contributed by atoms with E-state index in [0.717, 1.165) is 29.6 Å². The molecular formula is C40H56O3. The zero-order valence-corrected chi connectivity index (χ0v) is 28.4. The van der Waals surface area contributed by atoms with Gasteiger partial charge in [0.15, 0.2) is 5.78 Å². The fraction of sp³-hybridized carbons (Fsp3) is 0.475. The molecule has 0 spiro atoms. The predicted octanol–water partition coefficient (Wildman–Crippen LogP) is 9.81. The number of carbonyl (C=O) groups excluding carboxylic acids is 1. The zero-order chi connectivity index (χ0) is 32.4. The number of aliphatic hydroxyl groups is 2. The molecule has 1 saturated carbocycles. The molecule has 3 heteroatoms. The summed E-state index contributed by atoms with van der Waals surface area (Å²) >= 11 is 0. The molecule has 0 aromatic rings. The van der Waals surface area contributed by atoms with E-state index < -0.39 is 11.5 Å². The molecule has 0 aromatic heterocycles. The van der Waals surface area contributed by atoms with E-state index in [2.05, 4.69) is 97.9 Å². The summed E-state index contributed by atoms with van der Waals surface area (Å²) in [6, 6.07) is 0. The normalized spacial score (nSPS) is 27.7. The molecule has 234 valence electrons. The molecule has 0 radical (unpaired) electrons. The van der Waals surface area contributed by atoms with E-state index in [9.17, 15) is 15.0 Å². The lowest BCUT2D eigenvalue weighted by Crippen LogP contribution is -2.36. The number of hydrogen-bond acceptors (Lipinski definition) is 3. The number of carbonyl (C=O) groups is 1. The molecule has 0 aliphatic heterocycles. The molecule has 1 fully saturated rings. The molecular weight excluding hydrogens is 528 g/mol. The summed E-state index contributed by atoms with van der Waals surface area (Å²) in [6.07, 6.45) is 30.6. The van der Waals surface area contributed by atoms with Crippen LogP contribution in [0.1, 0.15) is 94.9 Å². The van der Waals surface area contributed by atoms with Crippen LogP contribution in [0.5, 0.6) is 0 Å². The van der Waals surface area contributed by atoms with Crippen LogP contribution in [0.2, 0.25) is 0 Å². The highest BCUT2D eigenvalue weighted by atomic mass is 16.3. The van der Waals surface area contributed by atoms with Crippen molar-refractivity contribution in [3.05, 3.63) is 119 Å². The van der Waals surface area contributed by atoms with Crippen molar-refractivity contribution in [3.8, 4) is 0 Å². The third kappa shape index (κ3) is 10.9. The van der Waals surface area contributed by atoms with Crippen molar-refractivity contribution in [2.45, 2.75) is 107 Å². The molecule has 0 aromatic carbocycles. The van der Waals surface area contributed by atoms with Crippen molar-refractivity contribution in [1.29, 1.82) is 0 Å². The van der Waals surface area contributed by atoms with Crippen molar-refractivity contribution in [1.82, 2.24) is 0 Å². The minimum Gasteiger partial charge on any atom is -0.393 e. The molecule has 2 rings (SSSR count). The van der Waals surface area contributed by atoms with Crippen LogP contribution in [-0.2, 0) is 4.79 Å². The van der Waals surface area contributed by atoms with Crippen molar-refractivity contribution >= 4 is 5.78 Å². The lowest BCUT2D eigenvalue weighted by Gasteiger charge is -2.35. The summed E-state index contributed by atoms with van der Waals surface area (Å²) < 4.78 is 0. The molecule has 43 heavy (non-hydrogen) atoms. The van der Waals surface area contributed by atoms with Gasteiger partial charge in [-0.3, -0.25) is 4.79 Å². The maximum atomic E-state index is 12.9. The van der Waals surface area contributed by atoms with Gasteiger partial charge < -0.3 is 10.2 Å². The zero-order valence-electron chi connectivity index (χ0n) is 28.4. The van der Waals surface area contributed by atoms with E-state index in [1.54, 1.807) is 6.08 Å². The lowest BCUT2D eigenvalue weighted by atomic mass is 9.66. The van der Waals surface area contributed by atoms with Crippen LogP contribution in [0.25, 0.3) is 0 Å². The van der Waals surface area contributed by atoms with Gasteiger partial charge in [-0.25, -0.2) is 0 Å². The Balaban J connectivity index is 1.89. The second-order valence-corrected chi connectivity index (χ2v) is 14.2. The van der Waals surface area contributed by atoms with Gasteiger partial charge in [-0.15, -0.1) is 0 Å². The smallest absolute Gasteiger partial charge is 0.162 e. The van der Waals surface area contributed by atoms with Gasteiger partial charge in [0.1, 0.15) is 0 Å². The van der Waals surface area contributed by atoms with Gasteiger partial charge in [-0.1, -0.05) is 141 Å². The number of ketones is 1. The fourth-order valence-corrected chi connectivity index (χ4v) is 6.19. The first-order chi connectivity index (χ1) is 20.0. The molecule has 0 bridgehead atoms.